The van der Waals surface area contributed by atoms with Crippen molar-refractivity contribution in [3.8, 4) is 0 Å². The molecule has 1 unspecified atom stereocenters. The number of nitrogens with one attached hydrogen (secondary N) is 1. The monoisotopic (exact) mass is 278 g/mol. The lowest BCUT2D eigenvalue weighted by Gasteiger charge is -2.33. The molecule has 1 atom stereocenters. The van der Waals surface area contributed by atoms with Gasteiger partial charge < -0.3 is 15.3 Å². The Morgan fingerprint density at radius 1 is 1.45 bits per heavy atom. The maximum atomic E-state index is 12.3. The molecule has 0 radical (unpaired) electrons. The minimum Gasteiger partial charge on any atom is -0.393 e. The highest BCUT2D eigenvalue weighted by Gasteiger charge is 2.26. The first-order valence-corrected chi connectivity index (χ1v) is 7.15. The highest BCUT2D eigenvalue weighted by Crippen LogP contribution is 2.21. The van der Waals surface area contributed by atoms with Crippen molar-refractivity contribution < 1.29 is 9.90 Å². The molecule has 20 heavy (non-hydrogen) atoms. The molecule has 1 fully saturated rings. The summed E-state index contributed by atoms with van der Waals surface area (Å²) < 4.78 is 0. The molecule has 6 heteroatoms. The molecule has 2 rings (SSSR count). The van der Waals surface area contributed by atoms with Crippen LogP contribution < -0.4 is 5.32 Å². The maximum Gasteiger partial charge on any atom is 0.274 e. The van der Waals surface area contributed by atoms with Crippen molar-refractivity contribution in [2.45, 2.75) is 32.8 Å². The van der Waals surface area contributed by atoms with Crippen LogP contribution in [0.3, 0.4) is 0 Å². The summed E-state index contributed by atoms with van der Waals surface area (Å²) in [7, 11) is 0. The summed E-state index contributed by atoms with van der Waals surface area (Å²) in [4.78, 5) is 22.4. The van der Waals surface area contributed by atoms with E-state index in [4.69, 9.17) is 0 Å². The van der Waals surface area contributed by atoms with Crippen LogP contribution in [-0.4, -0.2) is 51.6 Å². The molecule has 1 aliphatic heterocycles. The molecular formula is C14H22N4O2. The van der Waals surface area contributed by atoms with Crippen molar-refractivity contribution in [2.24, 2.45) is 5.92 Å². The fraction of sp³-hybridized carbons (Fsp3) is 0.643. The van der Waals surface area contributed by atoms with Gasteiger partial charge in [-0.25, -0.2) is 9.97 Å². The molecule has 110 valence electrons. The number of amides is 1. The summed E-state index contributed by atoms with van der Waals surface area (Å²) in [6, 6.07) is 0. The molecule has 6 nitrogen and oxygen atoms in total. The minimum atomic E-state index is -0.300. The van der Waals surface area contributed by atoms with Gasteiger partial charge in [0.1, 0.15) is 11.5 Å². The normalized spacial score (nSPS) is 17.9. The Labute approximate surface area is 119 Å². The van der Waals surface area contributed by atoms with E-state index in [2.05, 4.69) is 15.3 Å². The van der Waals surface area contributed by atoms with Crippen molar-refractivity contribution >= 4 is 11.7 Å². The zero-order valence-electron chi connectivity index (χ0n) is 12.0. The number of likely N-dealkylation sites (tertiary alicyclic amines) is 1. The van der Waals surface area contributed by atoms with Crippen LogP contribution in [-0.2, 0) is 0 Å². The Bertz CT molecular complexity index is 439. The number of aromatic nitrogens is 2. The van der Waals surface area contributed by atoms with E-state index < -0.39 is 0 Å². The van der Waals surface area contributed by atoms with Gasteiger partial charge >= 0.3 is 0 Å². The average Bonchev–Trinajstić information content (AvgIpc) is 2.48. The van der Waals surface area contributed by atoms with Crippen LogP contribution in [0.25, 0.3) is 0 Å². The molecule has 0 saturated carbocycles. The lowest BCUT2D eigenvalue weighted by atomic mass is 9.92. The fourth-order valence-electron chi connectivity index (χ4n) is 2.46. The van der Waals surface area contributed by atoms with Crippen LogP contribution in [0.4, 0.5) is 5.82 Å². The van der Waals surface area contributed by atoms with Crippen LogP contribution in [0, 0.1) is 5.92 Å². The summed E-state index contributed by atoms with van der Waals surface area (Å²) in [5.41, 5.74) is 0.377. The summed E-state index contributed by atoms with van der Waals surface area (Å²) in [6.07, 6.45) is 4.48. The first kappa shape index (κ1) is 14.7. The summed E-state index contributed by atoms with van der Waals surface area (Å²) in [5.74, 6) is 0.891. The smallest absolute Gasteiger partial charge is 0.274 e. The number of anilines is 1. The van der Waals surface area contributed by atoms with E-state index in [1.165, 1.54) is 6.20 Å². The Morgan fingerprint density at radius 3 is 2.65 bits per heavy atom. The molecule has 0 aliphatic carbocycles. The van der Waals surface area contributed by atoms with Crippen molar-refractivity contribution in [1.29, 1.82) is 0 Å². The van der Waals surface area contributed by atoms with E-state index in [-0.39, 0.29) is 12.0 Å². The van der Waals surface area contributed by atoms with E-state index in [1.54, 1.807) is 11.1 Å². The molecule has 1 aromatic heterocycles. The van der Waals surface area contributed by atoms with E-state index in [0.717, 1.165) is 19.4 Å². The van der Waals surface area contributed by atoms with Crippen LogP contribution in [0.5, 0.6) is 0 Å². The van der Waals surface area contributed by atoms with Gasteiger partial charge in [-0.1, -0.05) is 0 Å². The lowest BCUT2D eigenvalue weighted by molar-refractivity contribution is 0.0516. The third kappa shape index (κ3) is 3.45. The highest BCUT2D eigenvalue weighted by molar-refractivity contribution is 5.92. The predicted octanol–water partition coefficient (Wildman–Crippen LogP) is 1.14. The molecule has 0 spiro atoms. The molecule has 2 N–H and O–H groups in total. The van der Waals surface area contributed by atoms with Gasteiger partial charge in [0.05, 0.1) is 18.5 Å². The highest BCUT2D eigenvalue weighted by atomic mass is 16.3. The van der Waals surface area contributed by atoms with Gasteiger partial charge in [0.25, 0.3) is 5.91 Å². The number of carbonyl (C=O) groups excluding carboxylic acids is 1. The van der Waals surface area contributed by atoms with Gasteiger partial charge in [0.15, 0.2) is 0 Å². The fourth-order valence-corrected chi connectivity index (χ4v) is 2.46. The second kappa shape index (κ2) is 6.65. The molecule has 1 aromatic rings. The van der Waals surface area contributed by atoms with Gasteiger partial charge in [-0.3, -0.25) is 4.79 Å². The van der Waals surface area contributed by atoms with Crippen LogP contribution >= 0.6 is 0 Å². The van der Waals surface area contributed by atoms with Crippen molar-refractivity contribution in [1.82, 2.24) is 14.9 Å². The lowest BCUT2D eigenvalue weighted by Crippen LogP contribution is -2.41. The first-order chi connectivity index (χ1) is 9.61. The largest absolute Gasteiger partial charge is 0.393 e. The van der Waals surface area contributed by atoms with Crippen molar-refractivity contribution in [3.63, 3.8) is 0 Å². The minimum absolute atomic E-state index is 0.0791. The van der Waals surface area contributed by atoms with Crippen molar-refractivity contribution in [2.75, 3.05) is 25.0 Å². The number of nitrogens with zero attached hydrogens (tertiary/aromatic N) is 3. The van der Waals surface area contributed by atoms with E-state index >= 15 is 0 Å². The standard InChI is InChI=1S/C14H22N4O2/c1-3-15-13-9-16-12(8-17-13)14(20)18-6-4-11(5-7-18)10(2)19/h8-11,19H,3-7H2,1-2H3,(H,15,17). The Hall–Kier alpha value is -1.69. The third-order valence-electron chi connectivity index (χ3n) is 3.74. The number of rotatable bonds is 4. The number of aliphatic hydroxyl groups excluding tert-OH is 1. The molecule has 1 aliphatic rings. The van der Waals surface area contributed by atoms with Crippen LogP contribution in [0.2, 0.25) is 0 Å². The quantitative estimate of drug-likeness (QED) is 0.863. The zero-order chi connectivity index (χ0) is 14.5. The molecule has 2 heterocycles. The second-order valence-corrected chi connectivity index (χ2v) is 5.19. The molecule has 1 saturated heterocycles. The van der Waals surface area contributed by atoms with Crippen LogP contribution in [0.15, 0.2) is 12.4 Å². The predicted molar refractivity (Wildman–Crippen MR) is 76.5 cm³/mol. The summed E-state index contributed by atoms with van der Waals surface area (Å²) in [5, 5.41) is 12.6. The van der Waals surface area contributed by atoms with Gasteiger partial charge in [-0.15, -0.1) is 0 Å². The van der Waals surface area contributed by atoms with Gasteiger partial charge in [-0.2, -0.15) is 0 Å². The topological polar surface area (TPSA) is 78.4 Å². The molecule has 1 amide bonds. The first-order valence-electron chi connectivity index (χ1n) is 7.15. The van der Waals surface area contributed by atoms with E-state index in [1.807, 2.05) is 13.8 Å². The Balaban J connectivity index is 1.94. The molecule has 0 aromatic carbocycles. The number of hydrogen-bond donors (Lipinski definition) is 2. The summed E-state index contributed by atoms with van der Waals surface area (Å²) >= 11 is 0. The van der Waals surface area contributed by atoms with Gasteiger partial charge in [0.2, 0.25) is 0 Å². The molecular weight excluding hydrogens is 256 g/mol. The molecule has 0 bridgehead atoms. The Kier molecular flexibility index (Phi) is 4.89. The SMILES string of the molecule is CCNc1cnc(C(=O)N2CCC(C(C)O)CC2)cn1. The number of carbonyl (C=O) groups is 1. The zero-order valence-corrected chi connectivity index (χ0v) is 12.0. The van der Waals surface area contributed by atoms with Crippen LogP contribution in [0.1, 0.15) is 37.2 Å². The number of hydrogen-bond acceptors (Lipinski definition) is 5. The van der Waals surface area contributed by atoms with E-state index in [9.17, 15) is 9.90 Å². The number of aliphatic hydroxyl groups is 1. The third-order valence-corrected chi connectivity index (χ3v) is 3.74. The van der Waals surface area contributed by atoms with Gasteiger partial charge in [-0.05, 0) is 32.6 Å². The second-order valence-electron chi connectivity index (χ2n) is 5.19. The maximum absolute atomic E-state index is 12.3. The van der Waals surface area contributed by atoms with Gasteiger partial charge in [0, 0.05) is 19.6 Å². The van der Waals surface area contributed by atoms with E-state index in [0.29, 0.717) is 30.5 Å². The Morgan fingerprint density at radius 2 is 2.15 bits per heavy atom. The summed E-state index contributed by atoms with van der Waals surface area (Å²) in [6.45, 7) is 5.91. The number of piperidine rings is 1. The average molecular weight is 278 g/mol. The van der Waals surface area contributed by atoms with Crippen molar-refractivity contribution in [3.05, 3.63) is 18.1 Å².